The molecule has 0 radical (unpaired) electrons. The Morgan fingerprint density at radius 2 is 2.15 bits per heavy atom. The molecule has 1 aromatic carbocycles. The van der Waals surface area contributed by atoms with E-state index in [-0.39, 0.29) is 17.3 Å². The van der Waals surface area contributed by atoms with Crippen molar-refractivity contribution in [3.63, 3.8) is 0 Å². The van der Waals surface area contributed by atoms with Crippen molar-refractivity contribution in [2.24, 2.45) is 0 Å². The molecule has 0 amide bonds. The zero-order valence-corrected chi connectivity index (χ0v) is 11.9. The monoisotopic (exact) mass is 277 g/mol. The summed E-state index contributed by atoms with van der Waals surface area (Å²) in [7, 11) is 0. The lowest BCUT2D eigenvalue weighted by Crippen LogP contribution is -2.26. The van der Waals surface area contributed by atoms with Crippen LogP contribution >= 0.6 is 0 Å². The van der Waals surface area contributed by atoms with E-state index in [0.29, 0.717) is 24.4 Å². The summed E-state index contributed by atoms with van der Waals surface area (Å²) in [4.78, 5) is 4.33. The van der Waals surface area contributed by atoms with Crippen molar-refractivity contribution in [2.45, 2.75) is 32.8 Å². The van der Waals surface area contributed by atoms with Gasteiger partial charge in [-0.3, -0.25) is 0 Å². The standard InChI is InChI=1S/C14H19N3O3/c1-4-14(3,19-5-2)13-16-12(20-17-13)9-7-6-8-10(15)11(9)18/h6-8,18H,4-5,15H2,1-3H3. The quantitative estimate of drug-likeness (QED) is 0.644. The summed E-state index contributed by atoms with van der Waals surface area (Å²) in [6.45, 7) is 6.37. The predicted molar refractivity (Wildman–Crippen MR) is 75.1 cm³/mol. The van der Waals surface area contributed by atoms with Crippen molar-refractivity contribution < 1.29 is 14.4 Å². The molecular formula is C14H19N3O3. The molecule has 6 heteroatoms. The molecule has 0 spiro atoms. The van der Waals surface area contributed by atoms with Gasteiger partial charge in [-0.15, -0.1) is 0 Å². The van der Waals surface area contributed by atoms with E-state index in [2.05, 4.69) is 10.1 Å². The molecule has 1 atom stereocenters. The molecule has 6 nitrogen and oxygen atoms in total. The largest absolute Gasteiger partial charge is 0.505 e. The zero-order valence-electron chi connectivity index (χ0n) is 11.9. The molecule has 0 fully saturated rings. The van der Waals surface area contributed by atoms with Gasteiger partial charge in [-0.1, -0.05) is 18.1 Å². The third-order valence-electron chi connectivity index (χ3n) is 3.33. The Balaban J connectivity index is 2.40. The number of rotatable bonds is 5. The predicted octanol–water partition coefficient (Wildman–Crippen LogP) is 2.69. The Morgan fingerprint density at radius 1 is 1.40 bits per heavy atom. The van der Waals surface area contributed by atoms with E-state index >= 15 is 0 Å². The van der Waals surface area contributed by atoms with Crippen LogP contribution in [0, 0.1) is 0 Å². The second-order valence-electron chi connectivity index (χ2n) is 4.68. The maximum atomic E-state index is 9.94. The van der Waals surface area contributed by atoms with Crippen LogP contribution in [0.3, 0.4) is 0 Å². The Morgan fingerprint density at radius 3 is 2.80 bits per heavy atom. The molecule has 108 valence electrons. The van der Waals surface area contributed by atoms with Crippen molar-refractivity contribution in [2.75, 3.05) is 12.3 Å². The van der Waals surface area contributed by atoms with E-state index in [1.54, 1.807) is 18.2 Å². The van der Waals surface area contributed by atoms with Crippen LogP contribution in [0.2, 0.25) is 0 Å². The van der Waals surface area contributed by atoms with Crippen LogP contribution in [-0.4, -0.2) is 21.9 Å². The number of phenolic OH excluding ortho intramolecular Hbond substituents is 1. The molecule has 0 bridgehead atoms. The normalized spacial score (nSPS) is 14.2. The van der Waals surface area contributed by atoms with Crippen LogP contribution in [0.1, 0.15) is 33.0 Å². The molecule has 20 heavy (non-hydrogen) atoms. The maximum absolute atomic E-state index is 9.94. The van der Waals surface area contributed by atoms with Crippen LogP contribution in [0.15, 0.2) is 22.7 Å². The molecule has 1 heterocycles. The van der Waals surface area contributed by atoms with Crippen LogP contribution in [0.25, 0.3) is 11.5 Å². The number of nitrogen functional groups attached to an aromatic ring is 1. The van der Waals surface area contributed by atoms with Gasteiger partial charge in [-0.05, 0) is 32.4 Å². The summed E-state index contributed by atoms with van der Waals surface area (Å²) in [6, 6.07) is 5.00. The van der Waals surface area contributed by atoms with Crippen LogP contribution in [0.5, 0.6) is 5.75 Å². The van der Waals surface area contributed by atoms with Gasteiger partial charge < -0.3 is 20.1 Å². The lowest BCUT2D eigenvalue weighted by molar-refractivity contribution is -0.0403. The highest BCUT2D eigenvalue weighted by Crippen LogP contribution is 2.34. The molecule has 0 saturated carbocycles. The van der Waals surface area contributed by atoms with E-state index in [4.69, 9.17) is 15.0 Å². The van der Waals surface area contributed by atoms with E-state index < -0.39 is 5.60 Å². The second kappa shape index (κ2) is 5.50. The number of hydrogen-bond acceptors (Lipinski definition) is 6. The molecule has 0 aliphatic rings. The lowest BCUT2D eigenvalue weighted by Gasteiger charge is -2.23. The average Bonchev–Trinajstić information content (AvgIpc) is 2.92. The first-order valence-electron chi connectivity index (χ1n) is 6.57. The van der Waals surface area contributed by atoms with Gasteiger partial charge in [0.1, 0.15) is 5.60 Å². The first-order chi connectivity index (χ1) is 9.51. The van der Waals surface area contributed by atoms with Gasteiger partial charge in [-0.2, -0.15) is 4.98 Å². The van der Waals surface area contributed by atoms with Crippen LogP contribution in [0.4, 0.5) is 5.69 Å². The van der Waals surface area contributed by atoms with Crippen molar-refractivity contribution in [1.82, 2.24) is 10.1 Å². The third-order valence-corrected chi connectivity index (χ3v) is 3.33. The Bertz CT molecular complexity index is 597. The Kier molecular flexibility index (Phi) is 3.94. The van der Waals surface area contributed by atoms with Crippen molar-refractivity contribution >= 4 is 5.69 Å². The van der Waals surface area contributed by atoms with Crippen molar-refractivity contribution in [3.05, 3.63) is 24.0 Å². The van der Waals surface area contributed by atoms with Gasteiger partial charge in [0, 0.05) is 6.61 Å². The first-order valence-corrected chi connectivity index (χ1v) is 6.57. The summed E-state index contributed by atoms with van der Waals surface area (Å²) < 4.78 is 10.9. The smallest absolute Gasteiger partial charge is 0.261 e. The van der Waals surface area contributed by atoms with Crippen LogP contribution in [-0.2, 0) is 10.3 Å². The van der Waals surface area contributed by atoms with E-state index in [1.807, 2.05) is 20.8 Å². The lowest BCUT2D eigenvalue weighted by atomic mass is 10.0. The van der Waals surface area contributed by atoms with Gasteiger partial charge >= 0.3 is 0 Å². The average molecular weight is 277 g/mol. The van der Waals surface area contributed by atoms with Crippen molar-refractivity contribution in [3.8, 4) is 17.2 Å². The van der Waals surface area contributed by atoms with Crippen molar-refractivity contribution in [1.29, 1.82) is 0 Å². The minimum Gasteiger partial charge on any atom is -0.505 e. The Labute approximate surface area is 117 Å². The van der Waals surface area contributed by atoms with E-state index in [1.165, 1.54) is 0 Å². The number of aromatic nitrogens is 2. The van der Waals surface area contributed by atoms with E-state index in [0.717, 1.165) is 0 Å². The summed E-state index contributed by atoms with van der Waals surface area (Å²) >= 11 is 0. The molecule has 2 rings (SSSR count). The topological polar surface area (TPSA) is 94.4 Å². The van der Waals surface area contributed by atoms with Gasteiger partial charge in [0.25, 0.3) is 5.89 Å². The molecule has 3 N–H and O–H groups in total. The summed E-state index contributed by atoms with van der Waals surface area (Å²) in [6.07, 6.45) is 0.711. The zero-order chi connectivity index (χ0) is 14.8. The number of hydrogen-bond donors (Lipinski definition) is 2. The fraction of sp³-hybridized carbons (Fsp3) is 0.429. The highest BCUT2D eigenvalue weighted by molar-refractivity contribution is 5.71. The van der Waals surface area contributed by atoms with Gasteiger partial charge in [0.05, 0.1) is 11.3 Å². The molecule has 0 saturated heterocycles. The van der Waals surface area contributed by atoms with Gasteiger partial charge in [0.2, 0.25) is 5.82 Å². The second-order valence-corrected chi connectivity index (χ2v) is 4.68. The highest BCUT2D eigenvalue weighted by Gasteiger charge is 2.31. The summed E-state index contributed by atoms with van der Waals surface area (Å²) in [5.41, 5.74) is 5.74. The number of phenols is 1. The number of benzene rings is 1. The molecular weight excluding hydrogens is 258 g/mol. The van der Waals surface area contributed by atoms with Gasteiger partial charge in [0.15, 0.2) is 5.75 Å². The number of aromatic hydroxyl groups is 1. The fourth-order valence-electron chi connectivity index (χ4n) is 1.92. The number of para-hydroxylation sites is 1. The maximum Gasteiger partial charge on any atom is 0.261 e. The highest BCUT2D eigenvalue weighted by atomic mass is 16.5. The first kappa shape index (κ1) is 14.3. The van der Waals surface area contributed by atoms with Gasteiger partial charge in [-0.25, -0.2) is 0 Å². The van der Waals surface area contributed by atoms with E-state index in [9.17, 15) is 5.11 Å². The SMILES string of the molecule is CCOC(C)(CC)c1noc(-c2cccc(N)c2O)n1. The number of nitrogens with two attached hydrogens (primary N) is 1. The summed E-state index contributed by atoms with van der Waals surface area (Å²) in [5, 5.41) is 13.9. The Hall–Kier alpha value is -2.08. The van der Waals surface area contributed by atoms with Crippen LogP contribution < -0.4 is 5.73 Å². The molecule has 1 aromatic heterocycles. The molecule has 0 aliphatic carbocycles. The minimum atomic E-state index is -0.605. The minimum absolute atomic E-state index is 0.0580. The number of anilines is 1. The number of nitrogens with zero attached hydrogens (tertiary/aromatic N) is 2. The molecule has 1 unspecified atom stereocenters. The number of ether oxygens (including phenoxy) is 1. The summed E-state index contributed by atoms with van der Waals surface area (Å²) in [5.74, 6) is 0.625. The third kappa shape index (κ3) is 2.46. The fourth-order valence-corrected chi connectivity index (χ4v) is 1.92. The molecule has 0 aliphatic heterocycles. The molecule has 2 aromatic rings.